The van der Waals surface area contributed by atoms with Gasteiger partial charge >= 0.3 is 0 Å². The molecule has 6 nitrogen and oxygen atoms in total. The van der Waals surface area contributed by atoms with Gasteiger partial charge in [-0.3, -0.25) is 4.90 Å². The smallest absolute Gasteiger partial charge is 0.140 e. The lowest BCUT2D eigenvalue weighted by molar-refractivity contribution is 0.0652. The summed E-state index contributed by atoms with van der Waals surface area (Å²) in [6.45, 7) is 5.49. The maximum Gasteiger partial charge on any atom is 0.140 e. The number of aliphatic hydroxyl groups excluding tert-OH is 1. The van der Waals surface area contributed by atoms with Crippen molar-refractivity contribution >= 4 is 43.6 Å². The fourth-order valence-electron chi connectivity index (χ4n) is 4.13. The topological polar surface area (TPSA) is 60.3 Å². The number of benzene rings is 2. The Morgan fingerprint density at radius 2 is 1.94 bits per heavy atom. The number of nitrogens with zero attached hydrogens (tertiary/aromatic N) is 3. The molecule has 0 amide bonds. The van der Waals surface area contributed by atoms with Crippen LogP contribution in [-0.4, -0.2) is 73.3 Å². The zero-order chi connectivity index (χ0) is 21.2. The molecule has 2 N–H and O–H groups in total. The van der Waals surface area contributed by atoms with E-state index in [2.05, 4.69) is 33.3 Å². The molecule has 2 aromatic carbocycles. The Bertz CT molecular complexity index is 1110. The molecule has 1 fully saturated rings. The Morgan fingerprint density at radius 3 is 2.77 bits per heavy atom. The van der Waals surface area contributed by atoms with Crippen LogP contribution < -0.4 is 5.32 Å². The van der Waals surface area contributed by atoms with Gasteiger partial charge in [-0.25, -0.2) is 9.38 Å². The molecule has 2 aliphatic heterocycles. The monoisotopic (exact) mass is 440 g/mol. The molecule has 3 aromatic rings. The number of hydrogen-bond donors (Lipinski definition) is 2. The number of aliphatic hydroxyl groups is 1. The maximum atomic E-state index is 13.9. The van der Waals surface area contributed by atoms with Crippen molar-refractivity contribution in [2.45, 2.75) is 0 Å². The van der Waals surface area contributed by atoms with E-state index in [0.717, 1.165) is 54.8 Å². The molecule has 1 aromatic heterocycles. The Morgan fingerprint density at radius 1 is 1.10 bits per heavy atom. The van der Waals surface area contributed by atoms with Crippen molar-refractivity contribution in [2.24, 2.45) is 4.99 Å². The van der Waals surface area contributed by atoms with Gasteiger partial charge in [0.1, 0.15) is 16.7 Å². The third-order valence-electron chi connectivity index (χ3n) is 5.71. The minimum atomic E-state index is -0.274. The molecule has 2 aliphatic rings. The van der Waals surface area contributed by atoms with Gasteiger partial charge in [-0.15, -0.1) is 11.3 Å². The molecular formula is C23H25FN4O2S. The van der Waals surface area contributed by atoms with E-state index >= 15 is 0 Å². The van der Waals surface area contributed by atoms with Crippen LogP contribution in [0.5, 0.6) is 0 Å². The van der Waals surface area contributed by atoms with E-state index in [4.69, 9.17) is 14.8 Å². The van der Waals surface area contributed by atoms with Crippen LogP contribution in [0.25, 0.3) is 10.1 Å². The van der Waals surface area contributed by atoms with Crippen molar-refractivity contribution in [1.29, 1.82) is 0 Å². The van der Waals surface area contributed by atoms with Crippen LogP contribution in [0.15, 0.2) is 47.5 Å². The van der Waals surface area contributed by atoms with Gasteiger partial charge in [0.2, 0.25) is 0 Å². The predicted octanol–water partition coefficient (Wildman–Crippen LogP) is 3.80. The van der Waals surface area contributed by atoms with Crippen molar-refractivity contribution in [1.82, 2.24) is 9.80 Å². The number of thiophene rings is 1. The minimum absolute atomic E-state index is 0.0595. The highest BCUT2D eigenvalue weighted by molar-refractivity contribution is 7.23. The zero-order valence-electron chi connectivity index (χ0n) is 17.2. The van der Waals surface area contributed by atoms with Crippen molar-refractivity contribution in [2.75, 3.05) is 57.9 Å². The predicted molar refractivity (Wildman–Crippen MR) is 124 cm³/mol. The number of halogens is 1. The average Bonchev–Trinajstić information content (AvgIpc) is 3.06. The Hall–Kier alpha value is -2.52. The Labute approximate surface area is 184 Å². The summed E-state index contributed by atoms with van der Waals surface area (Å²) in [4.78, 5) is 9.74. The summed E-state index contributed by atoms with van der Waals surface area (Å²) in [5.41, 5.74) is 2.54. The summed E-state index contributed by atoms with van der Waals surface area (Å²) in [6, 6.07) is 13.1. The second-order valence-electron chi connectivity index (χ2n) is 7.69. The number of hydrogen-bond acceptors (Lipinski definition) is 7. The summed E-state index contributed by atoms with van der Waals surface area (Å²) >= 11 is 1.68. The van der Waals surface area contributed by atoms with Crippen LogP contribution in [0.4, 0.5) is 20.8 Å². The highest BCUT2D eigenvalue weighted by atomic mass is 32.1. The molecular weight excluding hydrogens is 415 g/mol. The van der Waals surface area contributed by atoms with Crippen molar-refractivity contribution in [3.05, 3.63) is 53.8 Å². The van der Waals surface area contributed by atoms with Crippen LogP contribution in [0.3, 0.4) is 0 Å². The van der Waals surface area contributed by atoms with E-state index < -0.39 is 0 Å². The van der Waals surface area contributed by atoms with Gasteiger partial charge in [-0.05, 0) is 24.3 Å². The van der Waals surface area contributed by atoms with Gasteiger partial charge in [0.15, 0.2) is 0 Å². The molecule has 0 bridgehead atoms. The number of piperazine rings is 1. The molecule has 0 unspecified atom stereocenters. The molecule has 8 heteroatoms. The number of aliphatic imine (C=N–C) groups is 1. The average molecular weight is 441 g/mol. The van der Waals surface area contributed by atoms with Gasteiger partial charge in [-0.1, -0.05) is 18.2 Å². The number of rotatable bonds is 5. The van der Waals surface area contributed by atoms with Crippen molar-refractivity contribution < 1.29 is 14.2 Å². The summed E-state index contributed by atoms with van der Waals surface area (Å²) < 4.78 is 20.5. The fraction of sp³-hybridized carbons (Fsp3) is 0.348. The molecule has 1 saturated heterocycles. The first-order chi connectivity index (χ1) is 15.2. The van der Waals surface area contributed by atoms with Crippen LogP contribution in [-0.2, 0) is 4.74 Å². The first-order valence-corrected chi connectivity index (χ1v) is 11.4. The van der Waals surface area contributed by atoms with Gasteiger partial charge in [0, 0.05) is 42.8 Å². The van der Waals surface area contributed by atoms with E-state index in [1.165, 1.54) is 22.2 Å². The normalized spacial score (nSPS) is 16.5. The zero-order valence-corrected chi connectivity index (χ0v) is 18.0. The largest absolute Gasteiger partial charge is 0.394 e. The molecule has 31 heavy (non-hydrogen) atoms. The van der Waals surface area contributed by atoms with E-state index in [1.54, 1.807) is 17.4 Å². The third-order valence-corrected chi connectivity index (χ3v) is 6.80. The summed E-state index contributed by atoms with van der Waals surface area (Å²) in [7, 11) is 0. The Kier molecular flexibility index (Phi) is 5.87. The van der Waals surface area contributed by atoms with Crippen molar-refractivity contribution in [3.8, 4) is 0 Å². The van der Waals surface area contributed by atoms with Gasteiger partial charge in [-0.2, -0.15) is 0 Å². The summed E-state index contributed by atoms with van der Waals surface area (Å²) in [6.07, 6.45) is 0. The van der Waals surface area contributed by atoms with Gasteiger partial charge < -0.3 is 20.1 Å². The second-order valence-corrected chi connectivity index (χ2v) is 8.74. The number of nitrogens with one attached hydrogen (secondary N) is 1. The molecule has 0 atom stereocenters. The summed E-state index contributed by atoms with van der Waals surface area (Å²) in [5, 5.41) is 14.5. The molecule has 5 rings (SSSR count). The van der Waals surface area contributed by atoms with Gasteiger partial charge in [0.25, 0.3) is 0 Å². The minimum Gasteiger partial charge on any atom is -0.394 e. The first kappa shape index (κ1) is 20.4. The fourth-order valence-corrected chi connectivity index (χ4v) is 5.24. The number of ether oxygens (including phenoxy) is 1. The first-order valence-electron chi connectivity index (χ1n) is 10.6. The van der Waals surface area contributed by atoms with E-state index in [1.807, 2.05) is 6.07 Å². The van der Waals surface area contributed by atoms with Gasteiger partial charge in [0.05, 0.1) is 36.8 Å². The maximum absolute atomic E-state index is 13.9. The molecule has 0 radical (unpaired) electrons. The van der Waals surface area contributed by atoms with Crippen LogP contribution >= 0.6 is 11.3 Å². The number of amidine groups is 1. The van der Waals surface area contributed by atoms with E-state index in [9.17, 15) is 4.39 Å². The molecule has 0 aliphatic carbocycles. The Balaban J connectivity index is 1.45. The molecule has 0 saturated carbocycles. The number of fused-ring (bicyclic) bond motifs is 4. The van der Waals surface area contributed by atoms with Crippen LogP contribution in [0, 0.1) is 5.82 Å². The highest BCUT2D eigenvalue weighted by Gasteiger charge is 2.28. The van der Waals surface area contributed by atoms with Crippen LogP contribution in [0.2, 0.25) is 0 Å². The lowest BCUT2D eigenvalue weighted by Crippen LogP contribution is -2.49. The third kappa shape index (κ3) is 4.16. The molecule has 3 heterocycles. The van der Waals surface area contributed by atoms with E-state index in [-0.39, 0.29) is 12.4 Å². The lowest BCUT2D eigenvalue weighted by atomic mass is 10.1. The highest BCUT2D eigenvalue weighted by Crippen LogP contribution is 2.43. The molecule has 162 valence electrons. The SMILES string of the molecule is OCCOCCN1CCN(C2=Nc3ccc(F)cc3Nc3sc4ccccc4c32)CC1. The van der Waals surface area contributed by atoms with Crippen molar-refractivity contribution in [3.63, 3.8) is 0 Å². The van der Waals surface area contributed by atoms with E-state index in [0.29, 0.717) is 18.9 Å². The lowest BCUT2D eigenvalue weighted by Gasteiger charge is -2.36. The van der Waals surface area contributed by atoms with Crippen LogP contribution in [0.1, 0.15) is 5.56 Å². The molecule has 0 spiro atoms. The quantitative estimate of drug-likeness (QED) is 0.591. The standard InChI is InChI=1S/C23H25FN4O2S/c24-16-5-6-18-19(15-16)26-23-21(17-3-1-2-4-20(17)31-23)22(25-18)28-9-7-27(8-10-28)11-13-30-14-12-29/h1-6,15,26,29H,7-14H2. The number of anilines is 2. The second kappa shape index (κ2) is 8.92. The summed E-state index contributed by atoms with van der Waals surface area (Å²) in [5.74, 6) is 0.672.